The second-order valence-electron chi connectivity index (χ2n) is 14.2. The first-order valence-electron chi connectivity index (χ1n) is 16.2. The van der Waals surface area contributed by atoms with Crippen molar-refractivity contribution in [3.8, 4) is 0 Å². The minimum Gasteiger partial charge on any atom is -0.466 e. The minimum absolute atomic E-state index is 0.0880. The number of benzene rings is 1. The number of hydrazone groups is 1. The third-order valence-electron chi connectivity index (χ3n) is 11.3. The molecule has 7 atom stereocenters. The number of carbonyl (C=O) groups excluding carboxylic acids is 1. The van der Waals surface area contributed by atoms with E-state index in [9.17, 15) is 25.0 Å². The molecule has 0 heterocycles. The molecule has 0 unspecified atom stereocenters. The normalized spacial score (nSPS) is 31.7. The number of anilines is 1. The van der Waals surface area contributed by atoms with Gasteiger partial charge in [0.05, 0.1) is 28.9 Å². The highest BCUT2D eigenvalue weighted by Crippen LogP contribution is 2.66. The van der Waals surface area contributed by atoms with E-state index in [1.54, 1.807) is 6.92 Å². The van der Waals surface area contributed by atoms with E-state index in [2.05, 4.69) is 40.0 Å². The van der Waals surface area contributed by atoms with E-state index in [4.69, 9.17) is 9.84 Å². The van der Waals surface area contributed by atoms with Crippen LogP contribution in [0.4, 0.5) is 17.1 Å². The number of nitro groups is 2. The molecule has 0 aromatic heterocycles. The zero-order chi connectivity index (χ0) is 31.5. The summed E-state index contributed by atoms with van der Waals surface area (Å²) in [7, 11) is 0. The van der Waals surface area contributed by atoms with Crippen molar-refractivity contribution in [1.29, 1.82) is 0 Å². The van der Waals surface area contributed by atoms with Gasteiger partial charge in [0, 0.05) is 17.2 Å². The van der Waals surface area contributed by atoms with Crippen molar-refractivity contribution in [3.63, 3.8) is 0 Å². The molecule has 0 amide bonds. The van der Waals surface area contributed by atoms with Crippen molar-refractivity contribution >= 4 is 28.7 Å². The van der Waals surface area contributed by atoms with Gasteiger partial charge in [-0.1, -0.05) is 53.9 Å². The molecule has 238 valence electrons. The largest absolute Gasteiger partial charge is 0.466 e. The summed E-state index contributed by atoms with van der Waals surface area (Å²) in [4.78, 5) is 34.6. The summed E-state index contributed by atoms with van der Waals surface area (Å²) in [6.45, 7) is 13.8. The summed E-state index contributed by atoms with van der Waals surface area (Å²) in [6.07, 6.45) is 10.4. The molecule has 0 saturated heterocycles. The maximum atomic E-state index is 13.0. The molecule has 3 aliphatic rings. The van der Waals surface area contributed by atoms with E-state index < -0.39 is 20.9 Å². The molecule has 1 N–H and O–H groups in total. The van der Waals surface area contributed by atoms with Crippen LogP contribution in [0, 0.1) is 66.6 Å². The molecule has 10 heteroatoms. The summed E-state index contributed by atoms with van der Waals surface area (Å²) >= 11 is 0. The Hall–Kier alpha value is -3.04. The van der Waals surface area contributed by atoms with Crippen molar-refractivity contribution in [2.75, 3.05) is 12.0 Å². The lowest BCUT2D eigenvalue weighted by atomic mass is 9.47. The maximum Gasteiger partial charge on any atom is 0.306 e. The van der Waals surface area contributed by atoms with Gasteiger partial charge in [-0.2, -0.15) is 5.10 Å². The molecule has 10 nitrogen and oxygen atoms in total. The van der Waals surface area contributed by atoms with Gasteiger partial charge in [0.1, 0.15) is 5.69 Å². The van der Waals surface area contributed by atoms with Crippen LogP contribution in [0.25, 0.3) is 0 Å². The standard InChI is InChI=1S/C33H50N4O6/c1-7-43-31(38)20-33(6)27-17-18-32(5)25(22(4)10-8-9-21(2)3)13-14-26(32)24(27)12-16-30(33)35-34-28-15-11-23(36(39)40)19-29(28)37(41)42/h11,15,19,21-22,24-27,34H,7-10,12-14,16-18,20H2,1-6H3/b35-30-/t22-,24-,25+,26+,27+,32-,33+/m0/s1. The third kappa shape index (κ3) is 6.73. The molecule has 0 bridgehead atoms. The highest BCUT2D eigenvalue weighted by molar-refractivity contribution is 5.94. The van der Waals surface area contributed by atoms with Gasteiger partial charge in [-0.05, 0) is 92.4 Å². The van der Waals surface area contributed by atoms with Crippen LogP contribution in [-0.4, -0.2) is 28.1 Å². The molecule has 1 aromatic rings. The fourth-order valence-corrected chi connectivity index (χ4v) is 9.24. The Morgan fingerprint density at radius 3 is 2.47 bits per heavy atom. The van der Waals surface area contributed by atoms with Crippen LogP contribution in [-0.2, 0) is 9.53 Å². The number of hydrogen-bond acceptors (Lipinski definition) is 8. The van der Waals surface area contributed by atoms with Crippen molar-refractivity contribution in [2.45, 2.75) is 106 Å². The fraction of sp³-hybridized carbons (Fsp3) is 0.758. The van der Waals surface area contributed by atoms with Crippen LogP contribution in [0.15, 0.2) is 23.3 Å². The summed E-state index contributed by atoms with van der Waals surface area (Å²) < 4.78 is 5.43. The van der Waals surface area contributed by atoms with Crippen LogP contribution in [0.3, 0.4) is 0 Å². The number of nitrogens with zero attached hydrogens (tertiary/aromatic N) is 3. The molecule has 43 heavy (non-hydrogen) atoms. The highest BCUT2D eigenvalue weighted by atomic mass is 16.6. The number of nitrogens with one attached hydrogen (secondary N) is 1. The molecular weight excluding hydrogens is 548 g/mol. The Kier molecular flexibility index (Phi) is 10.2. The van der Waals surface area contributed by atoms with E-state index in [-0.39, 0.29) is 29.7 Å². The van der Waals surface area contributed by atoms with Gasteiger partial charge in [0.2, 0.25) is 0 Å². The number of rotatable bonds is 12. The average Bonchev–Trinajstić information content (AvgIpc) is 3.29. The first kappa shape index (κ1) is 32.9. The van der Waals surface area contributed by atoms with Crippen LogP contribution in [0.1, 0.15) is 106 Å². The average molecular weight is 599 g/mol. The van der Waals surface area contributed by atoms with E-state index in [0.29, 0.717) is 36.2 Å². The Bertz CT molecular complexity index is 1230. The number of fused-ring (bicyclic) bond motifs is 3. The zero-order valence-electron chi connectivity index (χ0n) is 26.8. The number of esters is 1. The lowest BCUT2D eigenvalue weighted by Gasteiger charge is -2.57. The lowest BCUT2D eigenvalue weighted by molar-refractivity contribution is -0.393. The fourth-order valence-electron chi connectivity index (χ4n) is 9.24. The van der Waals surface area contributed by atoms with Crippen LogP contribution in [0.5, 0.6) is 0 Å². The molecule has 3 aliphatic carbocycles. The lowest BCUT2D eigenvalue weighted by Crippen LogP contribution is -2.53. The summed E-state index contributed by atoms with van der Waals surface area (Å²) in [5, 5.41) is 27.6. The smallest absolute Gasteiger partial charge is 0.306 e. The predicted molar refractivity (Wildman–Crippen MR) is 168 cm³/mol. The van der Waals surface area contributed by atoms with Crippen LogP contribution < -0.4 is 5.43 Å². The molecule has 4 rings (SSSR count). The highest BCUT2D eigenvalue weighted by Gasteiger charge is 2.60. The first-order valence-corrected chi connectivity index (χ1v) is 16.2. The van der Waals surface area contributed by atoms with E-state index in [1.165, 1.54) is 44.2 Å². The van der Waals surface area contributed by atoms with Gasteiger partial charge < -0.3 is 4.74 Å². The van der Waals surface area contributed by atoms with E-state index in [0.717, 1.165) is 42.9 Å². The Morgan fingerprint density at radius 1 is 1.07 bits per heavy atom. The Balaban J connectivity index is 1.60. The van der Waals surface area contributed by atoms with Crippen molar-refractivity contribution < 1.29 is 19.4 Å². The van der Waals surface area contributed by atoms with Gasteiger partial charge in [-0.25, -0.2) is 0 Å². The molecule has 0 radical (unpaired) electrons. The summed E-state index contributed by atoms with van der Waals surface area (Å²) in [5.74, 6) is 3.27. The monoisotopic (exact) mass is 598 g/mol. The second-order valence-corrected chi connectivity index (χ2v) is 14.2. The molecular formula is C33H50N4O6. The number of hydrogen-bond donors (Lipinski definition) is 1. The number of non-ortho nitro benzene ring substituents is 1. The minimum atomic E-state index is -0.656. The number of carbonyl (C=O) groups is 1. The van der Waals surface area contributed by atoms with Crippen LogP contribution >= 0.6 is 0 Å². The maximum absolute atomic E-state index is 13.0. The van der Waals surface area contributed by atoms with E-state index in [1.807, 2.05) is 0 Å². The quantitative estimate of drug-likeness (QED) is 0.144. The van der Waals surface area contributed by atoms with Crippen LogP contribution in [0.2, 0.25) is 0 Å². The van der Waals surface area contributed by atoms with Crippen molar-refractivity contribution in [3.05, 3.63) is 38.4 Å². The Morgan fingerprint density at radius 2 is 1.81 bits per heavy atom. The molecule has 0 aliphatic heterocycles. The summed E-state index contributed by atoms with van der Waals surface area (Å²) in [6, 6.07) is 3.49. The zero-order valence-corrected chi connectivity index (χ0v) is 26.8. The SMILES string of the molecule is CCOC(=O)C[C@@]1(C)/C(=N\Nc2ccc([N+](=O)[O-])cc2[N+](=O)[O-])CC[C@H]2[C@H]3CC[C@H]([C@@H](C)CCCC(C)C)[C@]3(C)CC[C@H]21. The molecule has 0 spiro atoms. The van der Waals surface area contributed by atoms with Gasteiger partial charge >= 0.3 is 11.7 Å². The molecule has 1 aromatic carbocycles. The number of ether oxygens (including phenoxy) is 1. The first-order chi connectivity index (χ1) is 20.3. The summed E-state index contributed by atoms with van der Waals surface area (Å²) in [5.41, 5.74) is 2.74. The predicted octanol–water partition coefficient (Wildman–Crippen LogP) is 8.55. The third-order valence-corrected chi connectivity index (χ3v) is 11.3. The topological polar surface area (TPSA) is 137 Å². The molecule has 3 fully saturated rings. The molecule has 3 saturated carbocycles. The van der Waals surface area contributed by atoms with Crippen molar-refractivity contribution in [1.82, 2.24) is 0 Å². The van der Waals surface area contributed by atoms with Crippen molar-refractivity contribution in [2.24, 2.45) is 51.4 Å². The van der Waals surface area contributed by atoms with E-state index >= 15 is 0 Å². The van der Waals surface area contributed by atoms with Gasteiger partial charge in [-0.15, -0.1) is 0 Å². The van der Waals surface area contributed by atoms with Gasteiger partial charge in [0.15, 0.2) is 0 Å². The number of nitro benzene ring substituents is 2. The Labute approximate surface area is 255 Å². The second kappa shape index (κ2) is 13.3. The van der Waals surface area contributed by atoms with Gasteiger partial charge in [-0.3, -0.25) is 30.4 Å². The van der Waals surface area contributed by atoms with Gasteiger partial charge in [0.25, 0.3) is 5.69 Å².